The van der Waals surface area contributed by atoms with Crippen LogP contribution in [0.2, 0.25) is 0 Å². The molecule has 0 aliphatic carbocycles. The molecule has 0 saturated carbocycles. The number of aromatic nitrogens is 3. The minimum absolute atomic E-state index is 0.334. The van der Waals surface area contributed by atoms with Crippen LogP contribution < -0.4 is 4.72 Å². The average Bonchev–Trinajstić information content (AvgIpc) is 2.92. The van der Waals surface area contributed by atoms with Gasteiger partial charge in [-0.2, -0.15) is 0 Å². The Hall–Kier alpha value is -2.32. The van der Waals surface area contributed by atoms with Crippen molar-refractivity contribution in [3.8, 4) is 0 Å². The Morgan fingerprint density at radius 3 is 2.19 bits per heavy atom. The Morgan fingerprint density at radius 2 is 1.65 bits per heavy atom. The van der Waals surface area contributed by atoms with Gasteiger partial charge >= 0.3 is 0 Å². The molecular formula is C18H20N4O2S2. The molecule has 0 fully saturated rings. The van der Waals surface area contributed by atoms with Gasteiger partial charge in [-0.3, -0.25) is 4.72 Å². The predicted octanol–water partition coefficient (Wildman–Crippen LogP) is 3.69. The van der Waals surface area contributed by atoms with E-state index < -0.39 is 10.0 Å². The van der Waals surface area contributed by atoms with Gasteiger partial charge in [0.05, 0.1) is 4.90 Å². The molecule has 2 aromatic carbocycles. The first-order chi connectivity index (χ1) is 12.3. The van der Waals surface area contributed by atoms with Crippen LogP contribution in [0.4, 0.5) is 5.69 Å². The van der Waals surface area contributed by atoms with Crippen molar-refractivity contribution in [2.45, 2.75) is 35.7 Å². The van der Waals surface area contributed by atoms with E-state index in [2.05, 4.69) is 14.9 Å². The van der Waals surface area contributed by atoms with E-state index >= 15 is 0 Å². The van der Waals surface area contributed by atoms with Crippen LogP contribution in [0.5, 0.6) is 0 Å². The third-order valence-electron chi connectivity index (χ3n) is 3.86. The summed E-state index contributed by atoms with van der Waals surface area (Å²) in [6.45, 7) is 5.59. The van der Waals surface area contributed by atoms with Crippen LogP contribution >= 0.6 is 11.8 Å². The summed E-state index contributed by atoms with van der Waals surface area (Å²) in [5.74, 6) is 0. The van der Waals surface area contributed by atoms with E-state index in [-0.39, 0.29) is 0 Å². The molecule has 6 nitrogen and oxygen atoms in total. The number of hydrogen-bond acceptors (Lipinski definition) is 5. The topological polar surface area (TPSA) is 76.9 Å². The lowest BCUT2D eigenvalue weighted by Crippen LogP contribution is -2.15. The molecule has 0 spiro atoms. The summed E-state index contributed by atoms with van der Waals surface area (Å²) in [7, 11) is -1.77. The van der Waals surface area contributed by atoms with Gasteiger partial charge < -0.3 is 4.57 Å². The molecule has 1 heterocycles. The quantitative estimate of drug-likeness (QED) is 0.721. The number of anilines is 1. The lowest BCUT2D eigenvalue weighted by molar-refractivity contribution is 0.600. The van der Waals surface area contributed by atoms with Crippen LogP contribution in [-0.4, -0.2) is 23.2 Å². The van der Waals surface area contributed by atoms with Crippen LogP contribution in [0, 0.1) is 20.8 Å². The van der Waals surface area contributed by atoms with E-state index in [1.54, 1.807) is 18.5 Å². The Morgan fingerprint density at radius 1 is 1.04 bits per heavy atom. The highest BCUT2D eigenvalue weighted by atomic mass is 32.2. The van der Waals surface area contributed by atoms with Crippen molar-refractivity contribution in [1.82, 2.24) is 14.8 Å². The second-order valence-electron chi connectivity index (χ2n) is 6.18. The highest BCUT2D eigenvalue weighted by Gasteiger charge is 2.20. The van der Waals surface area contributed by atoms with Gasteiger partial charge in [-0.1, -0.05) is 17.7 Å². The molecule has 0 radical (unpaired) electrons. The fourth-order valence-electron chi connectivity index (χ4n) is 2.86. The molecular weight excluding hydrogens is 368 g/mol. The highest BCUT2D eigenvalue weighted by Crippen LogP contribution is 2.28. The molecule has 1 aromatic heterocycles. The summed E-state index contributed by atoms with van der Waals surface area (Å²) >= 11 is 1.46. The zero-order valence-corrected chi connectivity index (χ0v) is 16.6. The van der Waals surface area contributed by atoms with Crippen molar-refractivity contribution >= 4 is 27.5 Å². The first kappa shape index (κ1) is 18.5. The molecule has 3 aromatic rings. The van der Waals surface area contributed by atoms with Gasteiger partial charge in [0.1, 0.15) is 6.33 Å². The molecule has 0 amide bonds. The molecule has 26 heavy (non-hydrogen) atoms. The fourth-order valence-corrected chi connectivity index (χ4v) is 5.13. The molecule has 3 rings (SSSR count). The summed E-state index contributed by atoms with van der Waals surface area (Å²) in [6, 6.07) is 11.0. The van der Waals surface area contributed by atoms with Crippen molar-refractivity contribution < 1.29 is 8.42 Å². The van der Waals surface area contributed by atoms with E-state index in [0.29, 0.717) is 10.6 Å². The van der Waals surface area contributed by atoms with Crippen LogP contribution in [0.3, 0.4) is 0 Å². The number of hydrogen-bond donors (Lipinski definition) is 1. The Bertz CT molecular complexity index is 1020. The summed E-state index contributed by atoms with van der Waals surface area (Å²) < 4.78 is 30.1. The maximum Gasteiger partial charge on any atom is 0.262 e. The number of rotatable bonds is 5. The predicted molar refractivity (Wildman–Crippen MR) is 103 cm³/mol. The second-order valence-corrected chi connectivity index (χ2v) is 8.84. The van der Waals surface area contributed by atoms with E-state index in [1.165, 1.54) is 11.8 Å². The summed E-state index contributed by atoms with van der Waals surface area (Å²) in [5, 5.41) is 8.63. The molecule has 8 heteroatoms. The fraction of sp³-hybridized carbons (Fsp3) is 0.222. The zero-order chi connectivity index (χ0) is 18.9. The van der Waals surface area contributed by atoms with E-state index in [9.17, 15) is 8.42 Å². The van der Waals surface area contributed by atoms with Gasteiger partial charge in [0.25, 0.3) is 10.0 Å². The Balaban J connectivity index is 1.81. The zero-order valence-electron chi connectivity index (χ0n) is 15.0. The summed E-state index contributed by atoms with van der Waals surface area (Å²) in [6.07, 6.45) is 1.64. The number of nitrogens with one attached hydrogen (secondary N) is 1. The standard InChI is InChI=1S/C18H20N4O2S2/c1-12-9-13(2)17(14(3)10-12)26(23,24)21-15-5-7-16(8-6-15)25-18-20-19-11-22(18)4/h5-11,21H,1-4H3. The van der Waals surface area contributed by atoms with Gasteiger partial charge in [0, 0.05) is 17.6 Å². The van der Waals surface area contributed by atoms with Gasteiger partial charge in [0.15, 0.2) is 5.16 Å². The second kappa shape index (κ2) is 7.13. The summed E-state index contributed by atoms with van der Waals surface area (Å²) in [4.78, 5) is 1.28. The molecule has 1 N–H and O–H groups in total. The minimum atomic E-state index is -3.64. The Labute approximate surface area is 157 Å². The van der Waals surface area contributed by atoms with Gasteiger partial charge in [0.2, 0.25) is 0 Å². The first-order valence-corrected chi connectivity index (χ1v) is 10.3. The molecule has 0 atom stereocenters. The lowest BCUT2D eigenvalue weighted by Gasteiger charge is -2.14. The maximum atomic E-state index is 12.8. The molecule has 0 aliphatic heterocycles. The van der Waals surface area contributed by atoms with Crippen molar-refractivity contribution in [3.63, 3.8) is 0 Å². The molecule has 136 valence electrons. The van der Waals surface area contributed by atoms with Gasteiger partial charge in [-0.25, -0.2) is 8.42 Å². The van der Waals surface area contributed by atoms with Crippen LogP contribution in [0.15, 0.2) is 57.7 Å². The smallest absolute Gasteiger partial charge is 0.262 e. The Kier molecular flexibility index (Phi) is 5.06. The molecule has 0 bridgehead atoms. The normalized spacial score (nSPS) is 11.5. The lowest BCUT2D eigenvalue weighted by atomic mass is 10.1. The number of nitrogens with zero attached hydrogens (tertiary/aromatic N) is 3. The van der Waals surface area contributed by atoms with Crippen molar-refractivity contribution in [2.75, 3.05) is 4.72 Å². The van der Waals surface area contributed by atoms with Crippen molar-refractivity contribution in [3.05, 3.63) is 59.4 Å². The third-order valence-corrected chi connectivity index (χ3v) is 6.60. The van der Waals surface area contributed by atoms with E-state index in [1.807, 2.05) is 56.7 Å². The van der Waals surface area contributed by atoms with Gasteiger partial charge in [-0.15, -0.1) is 10.2 Å². The van der Waals surface area contributed by atoms with Crippen LogP contribution in [0.25, 0.3) is 0 Å². The third kappa shape index (κ3) is 3.91. The molecule has 0 aliphatic rings. The van der Waals surface area contributed by atoms with E-state index in [4.69, 9.17) is 0 Å². The number of aryl methyl sites for hydroxylation is 4. The van der Waals surface area contributed by atoms with Gasteiger partial charge in [-0.05, 0) is 67.9 Å². The minimum Gasteiger partial charge on any atom is -0.311 e. The summed E-state index contributed by atoms with van der Waals surface area (Å²) in [5.41, 5.74) is 3.05. The van der Waals surface area contributed by atoms with Crippen molar-refractivity contribution in [1.29, 1.82) is 0 Å². The van der Waals surface area contributed by atoms with Crippen LogP contribution in [-0.2, 0) is 17.1 Å². The van der Waals surface area contributed by atoms with Crippen LogP contribution in [0.1, 0.15) is 16.7 Å². The monoisotopic (exact) mass is 388 g/mol. The highest BCUT2D eigenvalue weighted by molar-refractivity contribution is 7.99. The number of sulfonamides is 1. The maximum absolute atomic E-state index is 12.8. The first-order valence-electron chi connectivity index (χ1n) is 7.99. The SMILES string of the molecule is Cc1cc(C)c(S(=O)(=O)Nc2ccc(Sc3nncn3C)cc2)c(C)c1. The molecule has 0 unspecified atom stereocenters. The average molecular weight is 389 g/mol. The van der Waals surface area contributed by atoms with Crippen molar-refractivity contribution in [2.24, 2.45) is 7.05 Å². The molecule has 0 saturated heterocycles. The largest absolute Gasteiger partial charge is 0.311 e. The number of benzene rings is 2. The van der Waals surface area contributed by atoms with E-state index in [0.717, 1.165) is 26.7 Å².